The molecule has 2 N–H and O–H groups in total. The van der Waals surface area contributed by atoms with E-state index in [9.17, 15) is 15.0 Å². The van der Waals surface area contributed by atoms with Gasteiger partial charge >= 0.3 is 0 Å². The minimum Gasteiger partial charge on any atom is -0.393 e. The molecule has 3 nitrogen and oxygen atoms in total. The van der Waals surface area contributed by atoms with Gasteiger partial charge < -0.3 is 15.0 Å². The third-order valence-corrected chi connectivity index (χ3v) is 8.96. The van der Waals surface area contributed by atoms with Crippen molar-refractivity contribution >= 4 is 6.29 Å². The smallest absolute Gasteiger partial charge is 0.123 e. The summed E-state index contributed by atoms with van der Waals surface area (Å²) in [6, 6.07) is 0. The topological polar surface area (TPSA) is 57.5 Å². The Morgan fingerprint density at radius 3 is 2.68 bits per heavy atom. The van der Waals surface area contributed by atoms with Crippen molar-refractivity contribution in [3.05, 3.63) is 11.6 Å². The summed E-state index contributed by atoms with van der Waals surface area (Å²) in [7, 11) is 0. The summed E-state index contributed by atoms with van der Waals surface area (Å²) in [5.41, 5.74) is 1.83. The fourth-order valence-corrected chi connectivity index (χ4v) is 7.83. The molecule has 3 saturated carbocycles. The second kappa shape index (κ2) is 5.92. The van der Waals surface area contributed by atoms with Gasteiger partial charge in [0.2, 0.25) is 0 Å². The quantitative estimate of drug-likeness (QED) is 0.592. The van der Waals surface area contributed by atoms with Gasteiger partial charge in [-0.3, -0.25) is 0 Å². The maximum atomic E-state index is 11.7. The summed E-state index contributed by atoms with van der Waals surface area (Å²) in [5.74, 6) is 1.98. The molecule has 0 aromatic carbocycles. The molecule has 0 aliphatic heterocycles. The summed E-state index contributed by atoms with van der Waals surface area (Å²) < 4.78 is 0. The third kappa shape index (κ3) is 2.41. The predicted molar refractivity (Wildman–Crippen MR) is 97.8 cm³/mol. The standard InChI is InChI=1S/C22H34O3/c1-13(24)20-14(12-23)10-19-17-5-4-15-11-16(25)6-8-21(15,2)18(17)7-9-22(19,20)3/h4,12-14,16-20,24-25H,5-11H2,1-3H3/t13?,14?,16?,17-,18+,19+,20+,21+,22+/m1/s1. The molecule has 0 bridgehead atoms. The zero-order valence-electron chi connectivity index (χ0n) is 15.9. The van der Waals surface area contributed by atoms with E-state index in [1.54, 1.807) is 0 Å². The molecule has 0 amide bonds. The molecule has 4 rings (SSSR count). The molecule has 0 saturated heterocycles. The first-order valence-corrected chi connectivity index (χ1v) is 10.3. The van der Waals surface area contributed by atoms with Gasteiger partial charge in [-0.15, -0.1) is 0 Å². The lowest BCUT2D eigenvalue weighted by molar-refractivity contribution is -0.115. The average Bonchev–Trinajstić information content (AvgIpc) is 2.88. The van der Waals surface area contributed by atoms with Gasteiger partial charge in [-0.1, -0.05) is 25.5 Å². The number of allylic oxidation sites excluding steroid dienone is 1. The number of aldehydes is 1. The Labute approximate surface area is 151 Å². The minimum atomic E-state index is -0.406. The van der Waals surface area contributed by atoms with Crippen molar-refractivity contribution in [1.82, 2.24) is 0 Å². The molecule has 0 aromatic heterocycles. The van der Waals surface area contributed by atoms with Crippen LogP contribution in [0.1, 0.15) is 65.7 Å². The zero-order valence-corrected chi connectivity index (χ0v) is 15.9. The Bertz CT molecular complexity index is 582. The van der Waals surface area contributed by atoms with E-state index in [0.717, 1.165) is 44.8 Å². The molecule has 0 radical (unpaired) electrons. The highest BCUT2D eigenvalue weighted by molar-refractivity contribution is 5.55. The zero-order chi connectivity index (χ0) is 18.0. The van der Waals surface area contributed by atoms with Crippen LogP contribution in [0.25, 0.3) is 0 Å². The lowest BCUT2D eigenvalue weighted by atomic mass is 9.47. The Morgan fingerprint density at radius 1 is 1.24 bits per heavy atom. The van der Waals surface area contributed by atoms with Crippen LogP contribution in [0.5, 0.6) is 0 Å². The van der Waals surface area contributed by atoms with Crippen molar-refractivity contribution in [2.24, 2.45) is 40.4 Å². The number of aliphatic hydroxyl groups excluding tert-OH is 2. The van der Waals surface area contributed by atoms with Crippen molar-refractivity contribution in [2.45, 2.75) is 77.9 Å². The first kappa shape index (κ1) is 17.7. The summed E-state index contributed by atoms with van der Waals surface area (Å²) in [6.45, 7) is 6.66. The average molecular weight is 347 g/mol. The first-order chi connectivity index (χ1) is 11.8. The van der Waals surface area contributed by atoms with E-state index in [1.165, 1.54) is 12.0 Å². The van der Waals surface area contributed by atoms with Crippen LogP contribution in [-0.2, 0) is 4.79 Å². The maximum Gasteiger partial charge on any atom is 0.123 e. The normalized spacial score (nSPS) is 53.2. The number of fused-ring (bicyclic) bond motifs is 5. The van der Waals surface area contributed by atoms with Crippen LogP contribution in [0.3, 0.4) is 0 Å². The molecule has 9 atom stereocenters. The van der Waals surface area contributed by atoms with E-state index in [1.807, 2.05) is 6.92 Å². The number of aliphatic hydroxyl groups is 2. The van der Waals surface area contributed by atoms with Crippen LogP contribution in [-0.4, -0.2) is 28.7 Å². The molecular formula is C22H34O3. The molecule has 3 fully saturated rings. The number of carbonyl (C=O) groups is 1. The number of hydrogen-bond acceptors (Lipinski definition) is 3. The number of carbonyl (C=O) groups excluding carboxylic acids is 1. The highest BCUT2D eigenvalue weighted by atomic mass is 16.3. The summed E-state index contributed by atoms with van der Waals surface area (Å²) in [4.78, 5) is 11.7. The van der Waals surface area contributed by atoms with Crippen molar-refractivity contribution in [3.8, 4) is 0 Å². The lowest BCUT2D eigenvalue weighted by Crippen LogP contribution is -2.51. The number of rotatable bonds is 2. The molecule has 140 valence electrons. The molecule has 3 unspecified atom stereocenters. The van der Waals surface area contributed by atoms with Gasteiger partial charge in [0.15, 0.2) is 0 Å². The van der Waals surface area contributed by atoms with E-state index >= 15 is 0 Å². The van der Waals surface area contributed by atoms with E-state index in [4.69, 9.17) is 0 Å². The summed E-state index contributed by atoms with van der Waals surface area (Å²) >= 11 is 0. The van der Waals surface area contributed by atoms with Crippen molar-refractivity contribution < 1.29 is 15.0 Å². The fraction of sp³-hybridized carbons (Fsp3) is 0.864. The van der Waals surface area contributed by atoms with Crippen LogP contribution < -0.4 is 0 Å². The van der Waals surface area contributed by atoms with Crippen LogP contribution in [0.4, 0.5) is 0 Å². The third-order valence-electron chi connectivity index (χ3n) is 8.96. The Hall–Kier alpha value is -0.670. The molecule has 0 heterocycles. The summed E-state index contributed by atoms with van der Waals surface area (Å²) in [5, 5.41) is 20.5. The highest BCUT2D eigenvalue weighted by Crippen LogP contribution is 2.67. The van der Waals surface area contributed by atoms with Crippen LogP contribution in [0, 0.1) is 40.4 Å². The van der Waals surface area contributed by atoms with Crippen molar-refractivity contribution in [2.75, 3.05) is 0 Å². The molecule has 0 spiro atoms. The Kier molecular flexibility index (Phi) is 4.20. The van der Waals surface area contributed by atoms with Crippen LogP contribution >= 0.6 is 0 Å². The van der Waals surface area contributed by atoms with E-state index < -0.39 is 6.10 Å². The van der Waals surface area contributed by atoms with Gasteiger partial charge in [0.25, 0.3) is 0 Å². The molecule has 25 heavy (non-hydrogen) atoms. The SMILES string of the molecule is CC(O)[C@H]1C(C=O)C[C@H]2[C@@H]3CC=C4CC(O)CC[C@]4(C)[C@H]3CC[C@]12C. The maximum absolute atomic E-state index is 11.7. The van der Waals surface area contributed by atoms with E-state index in [2.05, 4.69) is 19.9 Å². The van der Waals surface area contributed by atoms with E-state index in [0.29, 0.717) is 17.8 Å². The highest BCUT2D eigenvalue weighted by Gasteiger charge is 2.61. The van der Waals surface area contributed by atoms with Crippen molar-refractivity contribution in [3.63, 3.8) is 0 Å². The van der Waals surface area contributed by atoms with Gasteiger partial charge in [0, 0.05) is 5.92 Å². The minimum absolute atomic E-state index is 0.0140. The van der Waals surface area contributed by atoms with Gasteiger partial charge in [-0.2, -0.15) is 0 Å². The second-order valence-corrected chi connectivity index (χ2v) is 10.0. The van der Waals surface area contributed by atoms with Crippen LogP contribution in [0.15, 0.2) is 11.6 Å². The first-order valence-electron chi connectivity index (χ1n) is 10.3. The van der Waals surface area contributed by atoms with Crippen molar-refractivity contribution in [1.29, 1.82) is 0 Å². The lowest BCUT2D eigenvalue weighted by Gasteiger charge is -2.58. The van der Waals surface area contributed by atoms with Gasteiger partial charge in [0.1, 0.15) is 6.29 Å². The molecular weight excluding hydrogens is 312 g/mol. The molecule has 4 aliphatic rings. The fourth-order valence-electron chi connectivity index (χ4n) is 7.83. The monoisotopic (exact) mass is 346 g/mol. The Morgan fingerprint density at radius 2 is 2.00 bits per heavy atom. The van der Waals surface area contributed by atoms with Crippen LogP contribution in [0.2, 0.25) is 0 Å². The molecule has 4 aliphatic carbocycles. The van der Waals surface area contributed by atoms with Gasteiger partial charge in [-0.25, -0.2) is 0 Å². The molecule has 0 aromatic rings. The molecule has 3 heteroatoms. The number of hydrogen-bond donors (Lipinski definition) is 2. The van der Waals surface area contributed by atoms with Gasteiger partial charge in [0.05, 0.1) is 12.2 Å². The van der Waals surface area contributed by atoms with Gasteiger partial charge in [-0.05, 0) is 86.4 Å². The predicted octanol–water partition coefficient (Wildman–Crippen LogP) is 3.73. The summed E-state index contributed by atoms with van der Waals surface area (Å²) in [6.07, 6.45) is 10.3. The van der Waals surface area contributed by atoms with E-state index in [-0.39, 0.29) is 28.8 Å². The second-order valence-electron chi connectivity index (χ2n) is 10.0. The Balaban J connectivity index is 1.68. The largest absolute Gasteiger partial charge is 0.393 e.